The van der Waals surface area contributed by atoms with Crippen LogP contribution in [0.25, 0.3) is 0 Å². The monoisotopic (exact) mass is 214 g/mol. The van der Waals surface area contributed by atoms with Crippen molar-refractivity contribution in [1.29, 1.82) is 0 Å². The number of rotatable bonds is 4. The van der Waals surface area contributed by atoms with E-state index in [4.69, 9.17) is 16.3 Å². The summed E-state index contributed by atoms with van der Waals surface area (Å²) in [6.45, 7) is 0. The zero-order valence-electron chi connectivity index (χ0n) is 8.60. The second-order valence-corrected chi connectivity index (χ2v) is 3.31. The average molecular weight is 215 g/mol. The summed E-state index contributed by atoms with van der Waals surface area (Å²) in [5.74, 6) is 0.696. The van der Waals surface area contributed by atoms with Gasteiger partial charge in [-0.25, -0.2) is 0 Å². The number of hydrogen-bond acceptors (Lipinski definition) is 3. The minimum atomic E-state index is 0.110. The Bertz CT molecular complexity index is 300. The Hall–Kier alpha value is -0.770. The first-order valence-electron chi connectivity index (χ1n) is 4.41. The molecule has 3 nitrogen and oxygen atoms in total. The third kappa shape index (κ3) is 2.38. The summed E-state index contributed by atoms with van der Waals surface area (Å²) in [6.07, 6.45) is 0.110. The Morgan fingerprint density at radius 1 is 1.29 bits per heavy atom. The lowest BCUT2D eigenvalue weighted by Gasteiger charge is -2.16. The highest BCUT2D eigenvalue weighted by Crippen LogP contribution is 2.26. The van der Waals surface area contributed by atoms with Crippen molar-refractivity contribution in [2.24, 2.45) is 0 Å². The predicted octanol–water partition coefficient (Wildman–Crippen LogP) is 1.79. The van der Waals surface area contributed by atoms with Crippen LogP contribution in [0.4, 0.5) is 0 Å². The van der Waals surface area contributed by atoms with Crippen molar-refractivity contribution in [1.82, 2.24) is 10.6 Å². The molecule has 1 rings (SSSR count). The van der Waals surface area contributed by atoms with Gasteiger partial charge in [0.15, 0.2) is 0 Å². The van der Waals surface area contributed by atoms with Crippen LogP contribution in [0, 0.1) is 0 Å². The van der Waals surface area contributed by atoms with Gasteiger partial charge in [-0.05, 0) is 31.8 Å². The molecule has 0 unspecified atom stereocenters. The highest BCUT2D eigenvalue weighted by molar-refractivity contribution is 6.32. The van der Waals surface area contributed by atoms with Crippen LogP contribution < -0.4 is 15.4 Å². The van der Waals surface area contributed by atoms with E-state index in [1.165, 1.54) is 0 Å². The van der Waals surface area contributed by atoms with Gasteiger partial charge in [0, 0.05) is 0 Å². The molecular formula is C10H15ClN2O. The van der Waals surface area contributed by atoms with Crippen LogP contribution in [0.1, 0.15) is 11.7 Å². The lowest BCUT2D eigenvalue weighted by atomic mass is 10.1. The smallest absolute Gasteiger partial charge is 0.137 e. The van der Waals surface area contributed by atoms with Crippen molar-refractivity contribution in [3.63, 3.8) is 0 Å². The average Bonchev–Trinajstić information content (AvgIpc) is 2.20. The largest absolute Gasteiger partial charge is 0.495 e. The van der Waals surface area contributed by atoms with Gasteiger partial charge in [-0.2, -0.15) is 0 Å². The second kappa shape index (κ2) is 5.20. The van der Waals surface area contributed by atoms with Gasteiger partial charge in [-0.15, -0.1) is 0 Å². The minimum Gasteiger partial charge on any atom is -0.495 e. The van der Waals surface area contributed by atoms with Gasteiger partial charge in [0.05, 0.1) is 18.3 Å². The van der Waals surface area contributed by atoms with Crippen LogP contribution in [0.5, 0.6) is 5.75 Å². The summed E-state index contributed by atoms with van der Waals surface area (Å²) >= 11 is 6.01. The number of ether oxygens (including phenoxy) is 1. The number of methoxy groups -OCH3 is 1. The highest BCUT2D eigenvalue weighted by atomic mass is 35.5. The van der Waals surface area contributed by atoms with E-state index in [-0.39, 0.29) is 6.17 Å². The van der Waals surface area contributed by atoms with Crippen molar-refractivity contribution in [3.05, 3.63) is 28.8 Å². The number of hydrogen-bond donors (Lipinski definition) is 2. The molecule has 0 aromatic heterocycles. The predicted molar refractivity (Wildman–Crippen MR) is 58.9 cm³/mol. The van der Waals surface area contributed by atoms with E-state index in [2.05, 4.69) is 10.6 Å². The maximum atomic E-state index is 6.01. The molecule has 0 bridgehead atoms. The minimum absolute atomic E-state index is 0.110. The molecule has 0 saturated carbocycles. The normalized spacial score (nSPS) is 10.6. The molecule has 2 N–H and O–H groups in total. The van der Waals surface area contributed by atoms with E-state index >= 15 is 0 Å². The van der Waals surface area contributed by atoms with Crippen LogP contribution in [0.15, 0.2) is 18.2 Å². The lowest BCUT2D eigenvalue weighted by molar-refractivity contribution is 0.414. The molecule has 1 aromatic carbocycles. The van der Waals surface area contributed by atoms with E-state index in [9.17, 15) is 0 Å². The number of benzene rings is 1. The van der Waals surface area contributed by atoms with E-state index in [0.717, 1.165) is 5.56 Å². The topological polar surface area (TPSA) is 33.3 Å². The molecule has 0 spiro atoms. The molecule has 0 saturated heterocycles. The van der Waals surface area contributed by atoms with Gasteiger partial charge in [0.2, 0.25) is 0 Å². The molecule has 0 aliphatic carbocycles. The van der Waals surface area contributed by atoms with Gasteiger partial charge in [-0.3, -0.25) is 0 Å². The first-order chi connectivity index (χ1) is 6.72. The third-order valence-electron chi connectivity index (χ3n) is 2.09. The Morgan fingerprint density at radius 3 is 2.36 bits per heavy atom. The van der Waals surface area contributed by atoms with E-state index in [1.54, 1.807) is 7.11 Å². The van der Waals surface area contributed by atoms with Gasteiger partial charge < -0.3 is 15.4 Å². The zero-order valence-corrected chi connectivity index (χ0v) is 9.35. The second-order valence-electron chi connectivity index (χ2n) is 2.90. The summed E-state index contributed by atoms with van der Waals surface area (Å²) in [6, 6.07) is 5.72. The van der Waals surface area contributed by atoms with Gasteiger partial charge >= 0.3 is 0 Å². The summed E-state index contributed by atoms with van der Waals surface area (Å²) in [5, 5.41) is 6.87. The van der Waals surface area contributed by atoms with Crippen LogP contribution in [-0.2, 0) is 0 Å². The first kappa shape index (κ1) is 11.3. The van der Waals surface area contributed by atoms with E-state index in [0.29, 0.717) is 10.8 Å². The molecule has 0 amide bonds. The van der Waals surface area contributed by atoms with E-state index in [1.807, 2.05) is 32.3 Å². The quantitative estimate of drug-likeness (QED) is 0.750. The molecular weight excluding hydrogens is 200 g/mol. The fraction of sp³-hybridized carbons (Fsp3) is 0.400. The summed E-state index contributed by atoms with van der Waals surface area (Å²) in [7, 11) is 5.38. The first-order valence-corrected chi connectivity index (χ1v) is 4.78. The molecule has 0 heterocycles. The lowest BCUT2D eigenvalue weighted by Crippen LogP contribution is -2.28. The van der Waals surface area contributed by atoms with Gasteiger partial charge in [0.1, 0.15) is 5.75 Å². The molecule has 4 heteroatoms. The van der Waals surface area contributed by atoms with Crippen LogP contribution in [-0.4, -0.2) is 21.2 Å². The van der Waals surface area contributed by atoms with Crippen molar-refractivity contribution in [3.8, 4) is 5.75 Å². The Kier molecular flexibility index (Phi) is 4.20. The van der Waals surface area contributed by atoms with Crippen molar-refractivity contribution in [2.45, 2.75) is 6.17 Å². The van der Waals surface area contributed by atoms with Crippen LogP contribution in [0.2, 0.25) is 5.02 Å². The highest BCUT2D eigenvalue weighted by Gasteiger charge is 2.08. The fourth-order valence-electron chi connectivity index (χ4n) is 1.34. The SMILES string of the molecule is CNC(NC)c1ccc(OC)c(Cl)c1. The number of nitrogens with one attached hydrogen (secondary N) is 2. The molecule has 1 aromatic rings. The van der Waals surface area contributed by atoms with Crippen LogP contribution in [0.3, 0.4) is 0 Å². The third-order valence-corrected chi connectivity index (χ3v) is 2.38. The van der Waals surface area contributed by atoms with Crippen molar-refractivity contribution < 1.29 is 4.74 Å². The van der Waals surface area contributed by atoms with E-state index < -0.39 is 0 Å². The van der Waals surface area contributed by atoms with Crippen molar-refractivity contribution >= 4 is 11.6 Å². The summed E-state index contributed by atoms with van der Waals surface area (Å²) in [5.41, 5.74) is 1.08. The summed E-state index contributed by atoms with van der Waals surface area (Å²) in [4.78, 5) is 0. The van der Waals surface area contributed by atoms with Gasteiger partial charge in [-0.1, -0.05) is 17.7 Å². The molecule has 0 aliphatic heterocycles. The zero-order chi connectivity index (χ0) is 10.6. The molecule has 0 aliphatic rings. The summed E-state index contributed by atoms with van der Waals surface area (Å²) < 4.78 is 5.07. The Morgan fingerprint density at radius 2 is 1.93 bits per heavy atom. The molecule has 14 heavy (non-hydrogen) atoms. The van der Waals surface area contributed by atoms with Crippen LogP contribution >= 0.6 is 11.6 Å². The standard InChI is InChI=1S/C10H15ClN2O/c1-12-10(13-2)7-4-5-9(14-3)8(11)6-7/h4-6,10,12-13H,1-3H3. The van der Waals surface area contributed by atoms with Gasteiger partial charge in [0.25, 0.3) is 0 Å². The molecule has 0 fully saturated rings. The number of halogens is 1. The maximum absolute atomic E-state index is 6.01. The Labute approximate surface area is 89.4 Å². The molecule has 0 atom stereocenters. The molecule has 78 valence electrons. The van der Waals surface area contributed by atoms with Crippen molar-refractivity contribution in [2.75, 3.05) is 21.2 Å². The maximum Gasteiger partial charge on any atom is 0.137 e. The fourth-order valence-corrected chi connectivity index (χ4v) is 1.61. The Balaban J connectivity index is 2.95. The molecule has 0 radical (unpaired) electrons.